The Kier molecular flexibility index (Phi) is 12.9. The van der Waals surface area contributed by atoms with E-state index in [4.69, 9.17) is 9.47 Å². The quantitative estimate of drug-likeness (QED) is 0.251. The van der Waals surface area contributed by atoms with Gasteiger partial charge in [0.15, 0.2) is 0 Å². The van der Waals surface area contributed by atoms with Crippen LogP contribution in [0.4, 0.5) is 0 Å². The largest absolute Gasteiger partial charge is 0.494 e. The molecule has 0 amide bonds. The van der Waals surface area contributed by atoms with Crippen LogP contribution in [-0.2, 0) is 11.2 Å². The van der Waals surface area contributed by atoms with Crippen LogP contribution < -0.4 is 4.74 Å². The van der Waals surface area contributed by atoms with Gasteiger partial charge in [0, 0.05) is 25.5 Å². The Morgan fingerprint density at radius 1 is 0.700 bits per heavy atom. The second-order valence-corrected chi connectivity index (χ2v) is 8.20. The maximum absolute atomic E-state index is 5.91. The summed E-state index contributed by atoms with van der Waals surface area (Å²) in [6, 6.07) is 12.6. The van der Waals surface area contributed by atoms with E-state index in [0.717, 1.165) is 49.5 Å². The average molecular weight is 412 g/mol. The van der Waals surface area contributed by atoms with Crippen molar-refractivity contribution in [3.05, 3.63) is 48.2 Å². The number of ether oxygens (including phenoxy) is 2. The lowest BCUT2D eigenvalue weighted by atomic mass is 10.1. The number of methoxy groups -OCH3 is 1. The molecule has 0 unspecified atom stereocenters. The second-order valence-electron chi connectivity index (χ2n) is 8.20. The first-order valence-corrected chi connectivity index (χ1v) is 12.0. The number of pyridine rings is 1. The normalized spacial score (nSPS) is 11.0. The number of hydrogen-bond donors (Lipinski definition) is 0. The molecule has 1 heterocycles. The molecule has 0 fully saturated rings. The van der Waals surface area contributed by atoms with Crippen molar-refractivity contribution >= 4 is 0 Å². The topological polar surface area (TPSA) is 31.4 Å². The van der Waals surface area contributed by atoms with Gasteiger partial charge in [-0.15, -0.1) is 0 Å². The molecule has 0 bridgehead atoms. The van der Waals surface area contributed by atoms with Gasteiger partial charge in [-0.05, 0) is 55.2 Å². The summed E-state index contributed by atoms with van der Waals surface area (Å²) < 4.78 is 11.0. The molecule has 2 rings (SSSR count). The van der Waals surface area contributed by atoms with E-state index >= 15 is 0 Å². The van der Waals surface area contributed by atoms with Crippen LogP contribution in [0.25, 0.3) is 11.3 Å². The predicted molar refractivity (Wildman–Crippen MR) is 127 cm³/mol. The fourth-order valence-electron chi connectivity index (χ4n) is 3.67. The fraction of sp³-hybridized carbons (Fsp3) is 0.593. The van der Waals surface area contributed by atoms with Crippen LogP contribution in [0.5, 0.6) is 5.75 Å². The zero-order valence-electron chi connectivity index (χ0n) is 19.2. The van der Waals surface area contributed by atoms with Crippen molar-refractivity contribution in [3.63, 3.8) is 0 Å². The molecule has 2 aromatic rings. The number of aromatic nitrogens is 1. The summed E-state index contributed by atoms with van der Waals surface area (Å²) in [6.45, 7) is 3.88. The molecule has 0 aliphatic heterocycles. The molecule has 0 aliphatic rings. The average Bonchev–Trinajstić information content (AvgIpc) is 2.79. The summed E-state index contributed by atoms with van der Waals surface area (Å²) in [4.78, 5) is 4.61. The Hall–Kier alpha value is -1.87. The van der Waals surface area contributed by atoms with Crippen molar-refractivity contribution in [1.29, 1.82) is 0 Å². The second kappa shape index (κ2) is 15.9. The fourth-order valence-corrected chi connectivity index (χ4v) is 3.67. The summed E-state index contributed by atoms with van der Waals surface area (Å²) in [5.74, 6) is 0.950. The van der Waals surface area contributed by atoms with Gasteiger partial charge in [-0.3, -0.25) is 4.98 Å². The molecule has 3 nitrogen and oxygen atoms in total. The minimum absolute atomic E-state index is 0.794. The van der Waals surface area contributed by atoms with E-state index in [-0.39, 0.29) is 0 Å². The monoisotopic (exact) mass is 411 g/mol. The van der Waals surface area contributed by atoms with Crippen molar-refractivity contribution < 1.29 is 9.47 Å². The molecular weight excluding hydrogens is 370 g/mol. The maximum Gasteiger partial charge on any atom is 0.119 e. The highest BCUT2D eigenvalue weighted by Crippen LogP contribution is 2.21. The van der Waals surface area contributed by atoms with Gasteiger partial charge in [0.25, 0.3) is 0 Å². The van der Waals surface area contributed by atoms with Gasteiger partial charge in [-0.25, -0.2) is 0 Å². The van der Waals surface area contributed by atoms with Crippen LogP contribution in [0.2, 0.25) is 0 Å². The Bertz CT molecular complexity index is 652. The van der Waals surface area contributed by atoms with E-state index < -0.39 is 0 Å². The number of hydrogen-bond acceptors (Lipinski definition) is 3. The van der Waals surface area contributed by atoms with Crippen LogP contribution >= 0.6 is 0 Å². The minimum Gasteiger partial charge on any atom is -0.494 e. The highest BCUT2D eigenvalue weighted by molar-refractivity contribution is 5.60. The van der Waals surface area contributed by atoms with E-state index in [0.29, 0.717) is 0 Å². The predicted octanol–water partition coefficient (Wildman–Crippen LogP) is 7.63. The van der Waals surface area contributed by atoms with Gasteiger partial charge < -0.3 is 9.47 Å². The molecule has 166 valence electrons. The van der Waals surface area contributed by atoms with Crippen molar-refractivity contribution in [3.8, 4) is 17.0 Å². The summed E-state index contributed by atoms with van der Waals surface area (Å²) in [7, 11) is 1.74. The first-order chi connectivity index (χ1) is 14.8. The van der Waals surface area contributed by atoms with Gasteiger partial charge in [-0.2, -0.15) is 0 Å². The highest BCUT2D eigenvalue weighted by atomic mass is 16.5. The lowest BCUT2D eigenvalue weighted by Crippen LogP contribution is -1.97. The molecule has 1 aromatic carbocycles. The lowest BCUT2D eigenvalue weighted by molar-refractivity contribution is 0.195. The van der Waals surface area contributed by atoms with Gasteiger partial charge in [-0.1, -0.05) is 70.8 Å². The zero-order chi connectivity index (χ0) is 21.3. The number of aryl methyl sites for hydroxylation is 1. The highest BCUT2D eigenvalue weighted by Gasteiger charge is 2.02. The Morgan fingerprint density at radius 3 is 1.97 bits per heavy atom. The van der Waals surface area contributed by atoms with Gasteiger partial charge >= 0.3 is 0 Å². The number of unbranched alkanes of at least 4 members (excludes halogenated alkanes) is 9. The molecular formula is C27H41NO2. The Labute approximate surface area is 184 Å². The molecule has 0 saturated carbocycles. The zero-order valence-corrected chi connectivity index (χ0v) is 19.2. The molecule has 0 saturated heterocycles. The first-order valence-electron chi connectivity index (χ1n) is 12.0. The number of rotatable bonds is 17. The van der Waals surface area contributed by atoms with E-state index in [1.807, 2.05) is 6.20 Å². The van der Waals surface area contributed by atoms with Crippen molar-refractivity contribution in [2.45, 2.75) is 84.0 Å². The Morgan fingerprint density at radius 2 is 1.37 bits per heavy atom. The van der Waals surface area contributed by atoms with Crippen molar-refractivity contribution in [2.75, 3.05) is 20.3 Å². The van der Waals surface area contributed by atoms with Crippen molar-refractivity contribution in [1.82, 2.24) is 4.98 Å². The van der Waals surface area contributed by atoms with E-state index in [1.165, 1.54) is 63.4 Å². The van der Waals surface area contributed by atoms with Gasteiger partial charge in [0.1, 0.15) is 5.75 Å². The Balaban J connectivity index is 1.58. The maximum atomic E-state index is 5.91. The van der Waals surface area contributed by atoms with Crippen LogP contribution in [0, 0.1) is 0 Å². The van der Waals surface area contributed by atoms with Crippen LogP contribution in [0.1, 0.15) is 83.1 Å². The SMILES string of the molecule is CCCCCCCCCCCCOc1ccc(-c2ccc(CCCOC)cn2)cc1. The smallest absolute Gasteiger partial charge is 0.119 e. The third-order valence-electron chi connectivity index (χ3n) is 5.56. The third kappa shape index (κ3) is 10.2. The van der Waals surface area contributed by atoms with E-state index in [1.54, 1.807) is 7.11 Å². The molecule has 0 aliphatic carbocycles. The van der Waals surface area contributed by atoms with Crippen LogP contribution in [0.3, 0.4) is 0 Å². The first kappa shape index (κ1) is 24.4. The van der Waals surface area contributed by atoms with Gasteiger partial charge in [0.2, 0.25) is 0 Å². The van der Waals surface area contributed by atoms with Crippen LogP contribution in [0.15, 0.2) is 42.6 Å². The van der Waals surface area contributed by atoms with E-state index in [9.17, 15) is 0 Å². The molecule has 0 spiro atoms. The minimum atomic E-state index is 0.794. The van der Waals surface area contributed by atoms with Gasteiger partial charge in [0.05, 0.1) is 12.3 Å². The summed E-state index contributed by atoms with van der Waals surface area (Å²) in [5.41, 5.74) is 3.39. The third-order valence-corrected chi connectivity index (χ3v) is 5.56. The standard InChI is InChI=1S/C27H41NO2/c1-3-4-5-6-7-8-9-10-11-12-22-30-26-18-16-25(17-19-26)27-20-15-24(23-28-27)14-13-21-29-2/h15-20,23H,3-14,21-22H2,1-2H3. The summed E-state index contributed by atoms with van der Waals surface area (Å²) >= 11 is 0. The van der Waals surface area contributed by atoms with E-state index in [2.05, 4.69) is 48.3 Å². The number of benzene rings is 1. The molecule has 0 radical (unpaired) electrons. The van der Waals surface area contributed by atoms with Crippen molar-refractivity contribution in [2.24, 2.45) is 0 Å². The molecule has 1 aromatic heterocycles. The lowest BCUT2D eigenvalue weighted by Gasteiger charge is -2.08. The summed E-state index contributed by atoms with van der Waals surface area (Å²) in [5, 5.41) is 0. The molecule has 0 atom stereocenters. The summed E-state index contributed by atoms with van der Waals surface area (Å²) in [6.07, 6.45) is 17.5. The molecule has 3 heteroatoms. The van der Waals surface area contributed by atoms with Crippen LogP contribution in [-0.4, -0.2) is 25.3 Å². The molecule has 0 N–H and O–H groups in total. The molecule has 30 heavy (non-hydrogen) atoms. The number of nitrogens with zero attached hydrogens (tertiary/aromatic N) is 1.